The largest absolute Gasteiger partial charge is 0.309 e. The Balaban J connectivity index is 0.00000320. The fourth-order valence-corrected chi connectivity index (χ4v) is 4.27. The van der Waals surface area contributed by atoms with Gasteiger partial charge in [0.05, 0.1) is 23.3 Å². The van der Waals surface area contributed by atoms with Gasteiger partial charge in [0.2, 0.25) is 0 Å². The Morgan fingerprint density at radius 2 is 1.84 bits per heavy atom. The molecule has 0 unspecified atom stereocenters. The molecular formula is C29H31FN6O. The Morgan fingerprint density at radius 1 is 1.00 bits per heavy atom. The third kappa shape index (κ3) is 5.86. The molecule has 0 atom stereocenters. The second-order valence-electron chi connectivity index (χ2n) is 9.19. The number of hydrogen-bond donors (Lipinski definition) is 0. The minimum Gasteiger partial charge on any atom is -0.309 e. The number of Topliss-reactive ketones (excluding diaryl/α,β-unsaturated/α-hetero) is 1. The highest BCUT2D eigenvalue weighted by molar-refractivity contribution is 5.96. The van der Waals surface area contributed by atoms with Gasteiger partial charge in [0.15, 0.2) is 11.4 Å². The molecule has 5 rings (SSSR count). The third-order valence-corrected chi connectivity index (χ3v) is 6.18. The van der Waals surface area contributed by atoms with Gasteiger partial charge in [-0.2, -0.15) is 0 Å². The fraction of sp³-hybridized carbons (Fsp3) is 0.276. The molecule has 0 bridgehead atoms. The smallest absolute Gasteiger partial charge is 0.179 e. The predicted molar refractivity (Wildman–Crippen MR) is 145 cm³/mol. The number of hydrogen-bond acceptors (Lipinski definition) is 6. The van der Waals surface area contributed by atoms with E-state index in [1.54, 1.807) is 29.1 Å². The van der Waals surface area contributed by atoms with Crippen molar-refractivity contribution in [1.29, 1.82) is 0 Å². The Labute approximate surface area is 216 Å². The maximum absolute atomic E-state index is 14.9. The number of nitrogens with zero attached hydrogens (tertiary/aromatic N) is 6. The SMILES string of the molecule is C.CN(C)CCCCC(=O)c1ccc(-c2ccc3nnn(Cc4ccc5ncccc5c4)c3n2)cc1F. The van der Waals surface area contributed by atoms with Crippen LogP contribution < -0.4 is 0 Å². The Hall–Kier alpha value is -4.04. The van der Waals surface area contributed by atoms with Gasteiger partial charge in [-0.1, -0.05) is 30.8 Å². The van der Waals surface area contributed by atoms with Crippen LogP contribution in [0.5, 0.6) is 0 Å². The van der Waals surface area contributed by atoms with Gasteiger partial charge < -0.3 is 4.90 Å². The highest BCUT2D eigenvalue weighted by Crippen LogP contribution is 2.24. The van der Waals surface area contributed by atoms with Crippen LogP contribution in [-0.4, -0.2) is 56.3 Å². The summed E-state index contributed by atoms with van der Waals surface area (Å²) in [5.41, 5.74) is 4.57. The molecule has 8 heteroatoms. The third-order valence-electron chi connectivity index (χ3n) is 6.18. The number of benzene rings is 2. The van der Waals surface area contributed by atoms with Crippen molar-refractivity contribution < 1.29 is 9.18 Å². The van der Waals surface area contributed by atoms with Gasteiger partial charge in [-0.05, 0) is 81.5 Å². The van der Waals surface area contributed by atoms with E-state index in [0.29, 0.717) is 35.4 Å². The summed E-state index contributed by atoms with van der Waals surface area (Å²) >= 11 is 0. The monoisotopic (exact) mass is 498 g/mol. The zero-order chi connectivity index (χ0) is 25.1. The van der Waals surface area contributed by atoms with Crippen LogP contribution in [0, 0.1) is 5.82 Å². The van der Waals surface area contributed by atoms with Crippen LogP contribution in [0.25, 0.3) is 33.3 Å². The number of rotatable bonds is 9. The first kappa shape index (κ1) is 26.0. The summed E-state index contributed by atoms with van der Waals surface area (Å²) in [7, 11) is 3.99. The van der Waals surface area contributed by atoms with Crippen LogP contribution in [0.4, 0.5) is 4.39 Å². The van der Waals surface area contributed by atoms with Crippen molar-refractivity contribution in [1.82, 2.24) is 29.9 Å². The molecule has 3 aromatic heterocycles. The number of carbonyl (C=O) groups excluding carboxylic acids is 1. The Kier molecular flexibility index (Phi) is 7.98. The summed E-state index contributed by atoms with van der Waals surface area (Å²) in [5, 5.41) is 9.55. The van der Waals surface area contributed by atoms with E-state index in [1.165, 1.54) is 6.07 Å². The number of ketones is 1. The average molecular weight is 499 g/mol. The molecule has 7 nitrogen and oxygen atoms in total. The van der Waals surface area contributed by atoms with Crippen molar-refractivity contribution in [3.05, 3.63) is 83.8 Å². The molecule has 0 aliphatic rings. The van der Waals surface area contributed by atoms with E-state index in [0.717, 1.165) is 35.9 Å². The molecule has 37 heavy (non-hydrogen) atoms. The molecule has 0 fully saturated rings. The van der Waals surface area contributed by atoms with E-state index in [4.69, 9.17) is 4.98 Å². The maximum atomic E-state index is 14.9. The molecule has 0 saturated heterocycles. The van der Waals surface area contributed by atoms with E-state index in [2.05, 4.69) is 26.3 Å². The minimum absolute atomic E-state index is 0. The Morgan fingerprint density at radius 3 is 2.65 bits per heavy atom. The van der Waals surface area contributed by atoms with E-state index in [9.17, 15) is 9.18 Å². The first-order chi connectivity index (χ1) is 17.5. The van der Waals surface area contributed by atoms with Crippen molar-refractivity contribution in [2.24, 2.45) is 0 Å². The average Bonchev–Trinajstić information content (AvgIpc) is 3.28. The molecule has 2 aromatic carbocycles. The van der Waals surface area contributed by atoms with Crippen LogP contribution in [0.3, 0.4) is 0 Å². The molecule has 0 saturated carbocycles. The molecule has 5 aromatic rings. The van der Waals surface area contributed by atoms with Crippen LogP contribution in [0.15, 0.2) is 66.9 Å². The van der Waals surface area contributed by atoms with Gasteiger partial charge in [-0.25, -0.2) is 14.1 Å². The zero-order valence-electron chi connectivity index (χ0n) is 20.4. The van der Waals surface area contributed by atoms with Gasteiger partial charge >= 0.3 is 0 Å². The number of aromatic nitrogens is 5. The summed E-state index contributed by atoms with van der Waals surface area (Å²) in [6, 6.07) is 18.3. The summed E-state index contributed by atoms with van der Waals surface area (Å²) in [6.45, 7) is 1.40. The predicted octanol–water partition coefficient (Wildman–Crippen LogP) is 5.78. The van der Waals surface area contributed by atoms with Crippen molar-refractivity contribution in [3.63, 3.8) is 0 Å². The lowest BCUT2D eigenvalue weighted by molar-refractivity contribution is 0.0974. The summed E-state index contributed by atoms with van der Waals surface area (Å²) in [6.07, 6.45) is 3.75. The van der Waals surface area contributed by atoms with E-state index < -0.39 is 5.82 Å². The maximum Gasteiger partial charge on any atom is 0.179 e. The van der Waals surface area contributed by atoms with Crippen molar-refractivity contribution in [2.45, 2.75) is 33.2 Å². The molecule has 0 amide bonds. The van der Waals surface area contributed by atoms with Crippen molar-refractivity contribution in [3.8, 4) is 11.3 Å². The second kappa shape index (κ2) is 11.3. The quantitative estimate of drug-likeness (QED) is 0.189. The van der Waals surface area contributed by atoms with Gasteiger partial charge in [-0.15, -0.1) is 5.10 Å². The van der Waals surface area contributed by atoms with E-state index in [1.807, 2.05) is 44.4 Å². The Bertz CT molecular complexity index is 1540. The summed E-state index contributed by atoms with van der Waals surface area (Å²) < 4.78 is 16.6. The molecule has 3 heterocycles. The number of halogens is 1. The first-order valence-corrected chi connectivity index (χ1v) is 12.0. The molecule has 0 aliphatic carbocycles. The molecule has 0 radical (unpaired) electrons. The van der Waals surface area contributed by atoms with Crippen LogP contribution in [-0.2, 0) is 6.54 Å². The number of unbranched alkanes of at least 4 members (excludes halogenated alkanes) is 1. The van der Waals surface area contributed by atoms with Crippen molar-refractivity contribution >= 4 is 27.9 Å². The summed E-state index contributed by atoms with van der Waals surface area (Å²) in [4.78, 5) is 23.7. The second-order valence-corrected chi connectivity index (χ2v) is 9.19. The normalized spacial score (nSPS) is 11.2. The van der Waals surface area contributed by atoms with Gasteiger partial charge in [0, 0.05) is 23.6 Å². The molecule has 0 aliphatic heterocycles. The van der Waals surface area contributed by atoms with Crippen molar-refractivity contribution in [2.75, 3.05) is 20.6 Å². The fourth-order valence-electron chi connectivity index (χ4n) is 4.27. The van der Waals surface area contributed by atoms with Crippen LogP contribution >= 0.6 is 0 Å². The zero-order valence-corrected chi connectivity index (χ0v) is 20.4. The minimum atomic E-state index is -0.525. The molecular weight excluding hydrogens is 467 g/mol. The van der Waals surface area contributed by atoms with E-state index >= 15 is 0 Å². The van der Waals surface area contributed by atoms with Gasteiger partial charge in [0.25, 0.3) is 0 Å². The number of fused-ring (bicyclic) bond motifs is 2. The molecule has 0 N–H and O–H groups in total. The molecule has 0 spiro atoms. The van der Waals surface area contributed by atoms with Gasteiger partial charge in [-0.3, -0.25) is 9.78 Å². The first-order valence-electron chi connectivity index (χ1n) is 12.0. The highest BCUT2D eigenvalue weighted by Gasteiger charge is 2.15. The lowest BCUT2D eigenvalue weighted by atomic mass is 10.0. The van der Waals surface area contributed by atoms with Crippen LogP contribution in [0.1, 0.15) is 42.6 Å². The van der Waals surface area contributed by atoms with Gasteiger partial charge in [0.1, 0.15) is 11.3 Å². The lowest BCUT2D eigenvalue weighted by Gasteiger charge is -2.09. The summed E-state index contributed by atoms with van der Waals surface area (Å²) in [5.74, 6) is -0.697. The number of carbonyl (C=O) groups is 1. The standard InChI is InChI=1S/C28H27FN6O.CH4/c1-34(2)15-4-3-7-27(36)22-10-9-21(17-23(22)29)25-12-13-26-28(31-25)35(33-32-26)18-19-8-11-24-20(16-19)6-5-14-30-24;/h5-6,8-14,16-17H,3-4,7,15,18H2,1-2H3;1H4. The number of pyridine rings is 2. The molecule has 190 valence electrons. The topological polar surface area (TPSA) is 76.8 Å². The highest BCUT2D eigenvalue weighted by atomic mass is 19.1. The lowest BCUT2D eigenvalue weighted by Crippen LogP contribution is -2.13. The van der Waals surface area contributed by atoms with Crippen LogP contribution in [0.2, 0.25) is 0 Å². The van der Waals surface area contributed by atoms with E-state index in [-0.39, 0.29) is 18.8 Å².